The number of carbonyl (C=O) groups excluding carboxylic acids is 2. The Morgan fingerprint density at radius 3 is 2.31 bits per heavy atom. The van der Waals surface area contributed by atoms with Crippen molar-refractivity contribution in [2.45, 2.75) is 44.1 Å². The molecule has 1 aliphatic heterocycles. The fourth-order valence-corrected chi connectivity index (χ4v) is 4.82. The van der Waals surface area contributed by atoms with Gasteiger partial charge in [-0.2, -0.15) is 0 Å². The maximum absolute atomic E-state index is 13.6. The van der Waals surface area contributed by atoms with Crippen molar-refractivity contribution in [2.24, 2.45) is 5.92 Å². The predicted molar refractivity (Wildman–Crippen MR) is 124 cm³/mol. The van der Waals surface area contributed by atoms with E-state index < -0.39 is 42.9 Å². The zero-order chi connectivity index (χ0) is 25.2. The van der Waals surface area contributed by atoms with Gasteiger partial charge in [-0.05, 0) is 34.6 Å². The Balaban J connectivity index is 1.23. The van der Waals surface area contributed by atoms with Crippen LogP contribution >= 0.6 is 0 Å². The van der Waals surface area contributed by atoms with E-state index in [1.54, 1.807) is 0 Å². The number of nitrogens with zero attached hydrogens (tertiary/aromatic N) is 1. The molecule has 0 bridgehead atoms. The summed E-state index contributed by atoms with van der Waals surface area (Å²) in [5.41, 5.74) is 4.49. The third-order valence-corrected chi connectivity index (χ3v) is 6.66. The van der Waals surface area contributed by atoms with E-state index in [1.165, 1.54) is 0 Å². The van der Waals surface area contributed by atoms with Gasteiger partial charge >= 0.3 is 12.1 Å². The lowest BCUT2D eigenvalue weighted by atomic mass is 9.98. The summed E-state index contributed by atoms with van der Waals surface area (Å²) in [6.07, 6.45) is -1.20. The highest BCUT2D eigenvalue weighted by Crippen LogP contribution is 2.44. The van der Waals surface area contributed by atoms with Crippen molar-refractivity contribution in [1.29, 1.82) is 0 Å². The molecule has 7 nitrogen and oxygen atoms in total. The number of carboxylic acids is 1. The molecule has 1 aliphatic carbocycles. The van der Waals surface area contributed by atoms with Crippen molar-refractivity contribution in [2.75, 3.05) is 19.7 Å². The van der Waals surface area contributed by atoms with Crippen LogP contribution in [0.25, 0.3) is 11.1 Å². The molecule has 0 radical (unpaired) electrons. The predicted octanol–water partition coefficient (Wildman–Crippen LogP) is 4.26. The second kappa shape index (κ2) is 10.0. The van der Waals surface area contributed by atoms with Crippen LogP contribution in [-0.2, 0) is 14.3 Å². The number of nitrogens with one attached hydrogen (secondary N) is 1. The van der Waals surface area contributed by atoms with Gasteiger partial charge in [-0.3, -0.25) is 4.79 Å². The average molecular weight is 487 g/mol. The lowest BCUT2D eigenvalue weighted by Gasteiger charge is -2.22. The maximum Gasteiger partial charge on any atom is 0.407 e. The molecule has 186 valence electrons. The number of amides is 2. The minimum Gasteiger partial charge on any atom is -0.480 e. The van der Waals surface area contributed by atoms with Gasteiger partial charge in [0.1, 0.15) is 12.6 Å². The number of alkyl carbamates (subject to hydrolysis) is 1. The summed E-state index contributed by atoms with van der Waals surface area (Å²) in [5.74, 6) is -5.44. The standard InChI is InChI=1S/C26H28F2N2O5/c1-16(10-11-23(31)30-15-26(27,28)12-22(30)24(32)33)13-29-25(34)35-14-21-19-8-4-2-6-17(19)18-7-3-5-9-20(18)21/h2-9,16,21-22H,10-15H2,1H3,(H,29,34)(H,32,33). The Morgan fingerprint density at radius 1 is 1.11 bits per heavy atom. The zero-order valence-electron chi connectivity index (χ0n) is 19.4. The molecule has 2 aromatic carbocycles. The van der Waals surface area contributed by atoms with E-state index in [2.05, 4.69) is 17.4 Å². The number of fused-ring (bicyclic) bond motifs is 3. The van der Waals surface area contributed by atoms with E-state index in [1.807, 2.05) is 43.3 Å². The van der Waals surface area contributed by atoms with Gasteiger partial charge in [-0.15, -0.1) is 0 Å². The quantitative estimate of drug-likeness (QED) is 0.581. The molecule has 2 N–H and O–H groups in total. The maximum atomic E-state index is 13.6. The van der Waals surface area contributed by atoms with Crippen LogP contribution in [0.15, 0.2) is 48.5 Å². The fourth-order valence-electron chi connectivity index (χ4n) is 4.82. The van der Waals surface area contributed by atoms with Gasteiger partial charge in [-0.25, -0.2) is 18.4 Å². The molecule has 4 rings (SSSR count). The number of ether oxygens (including phenoxy) is 1. The summed E-state index contributed by atoms with van der Waals surface area (Å²) in [5, 5.41) is 11.8. The summed E-state index contributed by atoms with van der Waals surface area (Å²) < 4.78 is 32.7. The lowest BCUT2D eigenvalue weighted by molar-refractivity contribution is -0.148. The number of rotatable bonds is 8. The van der Waals surface area contributed by atoms with Crippen LogP contribution in [0.3, 0.4) is 0 Å². The number of hydrogen-bond donors (Lipinski definition) is 2. The number of benzene rings is 2. The first-order chi connectivity index (χ1) is 16.7. The normalized spacial score (nSPS) is 19.1. The van der Waals surface area contributed by atoms with Gasteiger partial charge in [0.15, 0.2) is 0 Å². The van der Waals surface area contributed by atoms with E-state index in [-0.39, 0.29) is 31.4 Å². The summed E-state index contributed by atoms with van der Waals surface area (Å²) >= 11 is 0. The van der Waals surface area contributed by atoms with Crippen molar-refractivity contribution in [3.8, 4) is 11.1 Å². The first-order valence-corrected chi connectivity index (χ1v) is 11.7. The highest BCUT2D eigenvalue weighted by Gasteiger charge is 2.49. The van der Waals surface area contributed by atoms with Crippen LogP contribution < -0.4 is 5.32 Å². The van der Waals surface area contributed by atoms with Gasteiger partial charge in [0.25, 0.3) is 5.92 Å². The van der Waals surface area contributed by atoms with E-state index >= 15 is 0 Å². The molecular formula is C26H28F2N2O5. The SMILES string of the molecule is CC(CCC(=O)N1CC(F)(F)CC1C(=O)O)CNC(=O)OCC1c2ccccc2-c2ccccc21. The number of halogens is 2. The summed E-state index contributed by atoms with van der Waals surface area (Å²) in [6, 6.07) is 14.6. The summed E-state index contributed by atoms with van der Waals surface area (Å²) in [4.78, 5) is 36.6. The number of alkyl halides is 2. The molecule has 0 aromatic heterocycles. The molecule has 35 heavy (non-hydrogen) atoms. The molecule has 2 amide bonds. The fraction of sp³-hybridized carbons (Fsp3) is 0.423. The number of carbonyl (C=O) groups is 3. The molecule has 2 aliphatic rings. The molecule has 0 spiro atoms. The van der Waals surface area contributed by atoms with Gasteiger partial charge in [-0.1, -0.05) is 55.5 Å². The van der Waals surface area contributed by atoms with Crippen molar-refractivity contribution >= 4 is 18.0 Å². The first-order valence-electron chi connectivity index (χ1n) is 11.7. The Bertz CT molecular complexity index is 1080. The van der Waals surface area contributed by atoms with E-state index in [0.29, 0.717) is 6.42 Å². The Hall–Kier alpha value is -3.49. The minimum atomic E-state index is -3.20. The molecule has 1 fully saturated rings. The third kappa shape index (κ3) is 5.44. The molecule has 2 atom stereocenters. The Labute approximate surface area is 202 Å². The van der Waals surface area contributed by atoms with Gasteiger partial charge in [0.05, 0.1) is 6.54 Å². The molecule has 1 saturated heterocycles. The largest absolute Gasteiger partial charge is 0.480 e. The van der Waals surface area contributed by atoms with Crippen molar-refractivity contribution < 1.29 is 33.0 Å². The Kier molecular flexibility index (Phi) is 7.05. The summed E-state index contributed by atoms with van der Waals surface area (Å²) in [7, 11) is 0. The number of likely N-dealkylation sites (tertiary alicyclic amines) is 1. The third-order valence-electron chi connectivity index (χ3n) is 6.66. The molecule has 2 aromatic rings. The van der Waals surface area contributed by atoms with E-state index in [9.17, 15) is 23.2 Å². The van der Waals surface area contributed by atoms with Gasteiger partial charge in [0.2, 0.25) is 5.91 Å². The van der Waals surface area contributed by atoms with Gasteiger partial charge in [0, 0.05) is 25.3 Å². The van der Waals surface area contributed by atoms with Crippen LogP contribution in [0.1, 0.15) is 43.2 Å². The molecule has 0 saturated carbocycles. The summed E-state index contributed by atoms with van der Waals surface area (Å²) in [6.45, 7) is 1.36. The van der Waals surface area contributed by atoms with Crippen molar-refractivity contribution in [3.05, 3.63) is 59.7 Å². The average Bonchev–Trinajstić information content (AvgIpc) is 3.34. The van der Waals surface area contributed by atoms with Gasteiger partial charge < -0.3 is 20.1 Å². The minimum absolute atomic E-state index is 0.0519. The van der Waals surface area contributed by atoms with Crippen molar-refractivity contribution in [1.82, 2.24) is 10.2 Å². The van der Waals surface area contributed by atoms with E-state index in [4.69, 9.17) is 9.84 Å². The molecular weight excluding hydrogens is 458 g/mol. The number of aliphatic carboxylic acids is 1. The first kappa shape index (κ1) is 24.6. The molecule has 9 heteroatoms. The highest BCUT2D eigenvalue weighted by atomic mass is 19.3. The van der Waals surface area contributed by atoms with Crippen molar-refractivity contribution in [3.63, 3.8) is 0 Å². The van der Waals surface area contributed by atoms with Crippen LogP contribution in [0.5, 0.6) is 0 Å². The van der Waals surface area contributed by atoms with Crippen LogP contribution in [-0.4, -0.2) is 59.6 Å². The van der Waals surface area contributed by atoms with Crippen LogP contribution in [0.4, 0.5) is 13.6 Å². The topological polar surface area (TPSA) is 95.9 Å². The monoisotopic (exact) mass is 486 g/mol. The zero-order valence-corrected chi connectivity index (χ0v) is 19.4. The second-order valence-corrected chi connectivity index (χ2v) is 9.29. The number of carboxylic acid groups (broad SMARTS) is 1. The smallest absolute Gasteiger partial charge is 0.407 e. The molecule has 2 unspecified atom stereocenters. The number of hydrogen-bond acceptors (Lipinski definition) is 4. The van der Waals surface area contributed by atoms with Crippen LogP contribution in [0, 0.1) is 5.92 Å². The second-order valence-electron chi connectivity index (χ2n) is 9.29. The van der Waals surface area contributed by atoms with Crippen LogP contribution in [0.2, 0.25) is 0 Å². The lowest BCUT2D eigenvalue weighted by Crippen LogP contribution is -2.41. The van der Waals surface area contributed by atoms with E-state index in [0.717, 1.165) is 27.2 Å². The highest BCUT2D eigenvalue weighted by molar-refractivity contribution is 5.84. The molecule has 1 heterocycles. The Morgan fingerprint density at radius 2 is 1.71 bits per heavy atom.